The van der Waals surface area contributed by atoms with Gasteiger partial charge in [0.2, 0.25) is 11.8 Å². The Morgan fingerprint density at radius 2 is 1.67 bits per heavy atom. The molecule has 0 spiro atoms. The molecule has 1 aromatic carbocycles. The zero-order valence-corrected chi connectivity index (χ0v) is 20.2. The third-order valence-electron chi connectivity index (χ3n) is 7.19. The molecule has 2 amide bonds. The summed E-state index contributed by atoms with van der Waals surface area (Å²) in [7, 11) is 0. The van der Waals surface area contributed by atoms with E-state index in [1.54, 1.807) is 0 Å². The Hall–Kier alpha value is -2.63. The number of hydrogen-bond donors (Lipinski definition) is 2. The number of hydrogen-bond acceptors (Lipinski definition) is 4. The highest BCUT2D eigenvalue weighted by molar-refractivity contribution is 5.96. The molecule has 0 unspecified atom stereocenters. The van der Waals surface area contributed by atoms with E-state index in [1.165, 1.54) is 38.5 Å². The van der Waals surface area contributed by atoms with E-state index in [9.17, 15) is 9.59 Å². The van der Waals surface area contributed by atoms with E-state index in [0.29, 0.717) is 0 Å². The van der Waals surface area contributed by atoms with Crippen LogP contribution in [-0.4, -0.2) is 35.9 Å². The molecular formula is C27H38N4O2. The summed E-state index contributed by atoms with van der Waals surface area (Å²) < 4.78 is 0. The van der Waals surface area contributed by atoms with Crippen LogP contribution in [-0.2, 0) is 9.59 Å². The Labute approximate surface area is 197 Å². The fourth-order valence-electron chi connectivity index (χ4n) is 5.03. The van der Waals surface area contributed by atoms with Gasteiger partial charge in [0.15, 0.2) is 0 Å². The molecule has 2 fully saturated rings. The lowest BCUT2D eigenvalue weighted by atomic mass is 9.99. The van der Waals surface area contributed by atoms with Gasteiger partial charge < -0.3 is 15.5 Å². The van der Waals surface area contributed by atoms with Crippen molar-refractivity contribution in [2.24, 2.45) is 5.92 Å². The Bertz CT molecular complexity index is 973. The quantitative estimate of drug-likeness (QED) is 0.583. The van der Waals surface area contributed by atoms with Crippen molar-refractivity contribution in [1.82, 2.24) is 10.3 Å². The van der Waals surface area contributed by atoms with Crippen molar-refractivity contribution in [2.75, 3.05) is 23.3 Å². The summed E-state index contributed by atoms with van der Waals surface area (Å²) in [5.41, 5.74) is 2.86. The van der Waals surface area contributed by atoms with Crippen LogP contribution in [0.5, 0.6) is 0 Å². The van der Waals surface area contributed by atoms with E-state index < -0.39 is 0 Å². The number of fused-ring (bicyclic) bond motifs is 1. The highest BCUT2D eigenvalue weighted by Gasteiger charge is 2.18. The minimum atomic E-state index is -0.130. The number of piperidine rings is 1. The molecule has 33 heavy (non-hydrogen) atoms. The molecule has 4 rings (SSSR count). The highest BCUT2D eigenvalue weighted by Crippen LogP contribution is 2.28. The van der Waals surface area contributed by atoms with E-state index in [4.69, 9.17) is 4.98 Å². The molecule has 1 saturated carbocycles. The number of anilines is 2. The van der Waals surface area contributed by atoms with Gasteiger partial charge >= 0.3 is 0 Å². The van der Waals surface area contributed by atoms with Gasteiger partial charge in [0.05, 0.1) is 5.52 Å². The Morgan fingerprint density at radius 3 is 2.39 bits per heavy atom. The van der Waals surface area contributed by atoms with Crippen molar-refractivity contribution >= 4 is 34.2 Å². The third-order valence-corrected chi connectivity index (χ3v) is 7.19. The van der Waals surface area contributed by atoms with Gasteiger partial charge in [-0.2, -0.15) is 0 Å². The van der Waals surface area contributed by atoms with E-state index in [0.717, 1.165) is 59.8 Å². The Kier molecular flexibility index (Phi) is 7.84. The smallest absolute Gasteiger partial charge is 0.224 e. The summed E-state index contributed by atoms with van der Waals surface area (Å²) in [6, 6.07) is 8.30. The first kappa shape index (κ1) is 23.5. The number of carbonyl (C=O) groups excluding carboxylic acids is 2. The SMILES string of the molecule is Cc1cc(N2CCC(C)CC2)nc2ccc(NC(=O)CCC(=O)NC3CCCCCC3)cc12. The predicted octanol–water partition coefficient (Wildman–Crippen LogP) is 5.34. The van der Waals surface area contributed by atoms with Crippen molar-refractivity contribution in [3.05, 3.63) is 29.8 Å². The molecule has 0 bridgehead atoms. The first-order valence-corrected chi connectivity index (χ1v) is 12.7. The van der Waals surface area contributed by atoms with Crippen LogP contribution in [0.3, 0.4) is 0 Å². The fourth-order valence-corrected chi connectivity index (χ4v) is 5.03. The maximum Gasteiger partial charge on any atom is 0.224 e. The molecule has 2 N–H and O–H groups in total. The van der Waals surface area contributed by atoms with Crippen LogP contribution < -0.4 is 15.5 Å². The minimum Gasteiger partial charge on any atom is -0.357 e. The largest absolute Gasteiger partial charge is 0.357 e. The number of aromatic nitrogens is 1. The van der Waals surface area contributed by atoms with Crippen LogP contribution in [0.2, 0.25) is 0 Å². The second-order valence-corrected chi connectivity index (χ2v) is 10.0. The molecule has 2 heterocycles. The Balaban J connectivity index is 1.32. The van der Waals surface area contributed by atoms with Crippen LogP contribution >= 0.6 is 0 Å². The van der Waals surface area contributed by atoms with Gasteiger partial charge in [-0.1, -0.05) is 32.6 Å². The molecular weight excluding hydrogens is 412 g/mol. The molecule has 1 aliphatic carbocycles. The zero-order valence-electron chi connectivity index (χ0n) is 20.2. The standard InChI is InChI=1S/C27H38N4O2/c1-19-13-15-31(16-14-19)25-17-20(2)23-18-22(9-10-24(23)30-25)29-27(33)12-11-26(32)28-21-7-5-3-4-6-8-21/h9-10,17-19,21H,3-8,11-16H2,1-2H3,(H,28,32)(H,29,33). The lowest BCUT2D eigenvalue weighted by molar-refractivity contribution is -0.124. The molecule has 2 aliphatic rings. The minimum absolute atomic E-state index is 0.0183. The van der Waals surface area contributed by atoms with Gasteiger partial charge in [-0.3, -0.25) is 9.59 Å². The number of nitrogens with zero attached hydrogens (tertiary/aromatic N) is 2. The van der Waals surface area contributed by atoms with Gasteiger partial charge in [0.1, 0.15) is 5.82 Å². The topological polar surface area (TPSA) is 74.3 Å². The van der Waals surface area contributed by atoms with Crippen LogP contribution in [0.4, 0.5) is 11.5 Å². The molecule has 6 nitrogen and oxygen atoms in total. The number of benzene rings is 1. The number of pyridine rings is 1. The van der Waals surface area contributed by atoms with E-state index >= 15 is 0 Å². The lowest BCUT2D eigenvalue weighted by Gasteiger charge is -2.31. The summed E-state index contributed by atoms with van der Waals surface area (Å²) in [6.45, 7) is 6.53. The predicted molar refractivity (Wildman–Crippen MR) is 135 cm³/mol. The van der Waals surface area contributed by atoms with Crippen molar-refractivity contribution < 1.29 is 9.59 Å². The third kappa shape index (κ3) is 6.46. The average Bonchev–Trinajstić information content (AvgIpc) is 3.07. The van der Waals surface area contributed by atoms with Gasteiger partial charge in [-0.25, -0.2) is 4.98 Å². The maximum absolute atomic E-state index is 12.5. The van der Waals surface area contributed by atoms with Gasteiger partial charge in [-0.15, -0.1) is 0 Å². The molecule has 0 radical (unpaired) electrons. The lowest BCUT2D eigenvalue weighted by Crippen LogP contribution is -2.34. The van der Waals surface area contributed by atoms with Crippen molar-refractivity contribution in [3.8, 4) is 0 Å². The Morgan fingerprint density at radius 1 is 0.970 bits per heavy atom. The monoisotopic (exact) mass is 450 g/mol. The summed E-state index contributed by atoms with van der Waals surface area (Å²) in [4.78, 5) is 32.0. The second-order valence-electron chi connectivity index (χ2n) is 10.0. The summed E-state index contributed by atoms with van der Waals surface area (Å²) in [6.07, 6.45) is 9.84. The average molecular weight is 451 g/mol. The summed E-state index contributed by atoms with van der Waals surface area (Å²) >= 11 is 0. The number of aryl methyl sites for hydroxylation is 1. The number of carbonyl (C=O) groups is 2. The number of amides is 2. The molecule has 2 aromatic rings. The highest BCUT2D eigenvalue weighted by atomic mass is 16.2. The second kappa shape index (κ2) is 11.0. The van der Waals surface area contributed by atoms with Gasteiger partial charge in [0.25, 0.3) is 0 Å². The molecule has 1 aromatic heterocycles. The first-order valence-electron chi connectivity index (χ1n) is 12.7. The molecule has 178 valence electrons. The van der Waals surface area contributed by atoms with E-state index in [2.05, 4.69) is 35.4 Å². The van der Waals surface area contributed by atoms with Crippen LogP contribution in [0.25, 0.3) is 10.9 Å². The normalized spacial score (nSPS) is 18.2. The van der Waals surface area contributed by atoms with Crippen LogP contribution in [0.1, 0.15) is 76.7 Å². The number of nitrogens with one attached hydrogen (secondary N) is 2. The number of rotatable bonds is 6. The van der Waals surface area contributed by atoms with Gasteiger partial charge in [0, 0.05) is 43.0 Å². The van der Waals surface area contributed by atoms with Crippen LogP contribution in [0.15, 0.2) is 24.3 Å². The van der Waals surface area contributed by atoms with E-state index in [-0.39, 0.29) is 30.7 Å². The van der Waals surface area contributed by atoms with Crippen LogP contribution in [0, 0.1) is 12.8 Å². The molecule has 1 saturated heterocycles. The molecule has 1 aliphatic heterocycles. The fraction of sp³-hybridized carbons (Fsp3) is 0.593. The van der Waals surface area contributed by atoms with Crippen molar-refractivity contribution in [2.45, 2.75) is 84.1 Å². The van der Waals surface area contributed by atoms with E-state index in [1.807, 2.05) is 18.2 Å². The maximum atomic E-state index is 12.5. The summed E-state index contributed by atoms with van der Waals surface area (Å²) in [5.74, 6) is 1.69. The van der Waals surface area contributed by atoms with Gasteiger partial charge in [-0.05, 0) is 68.4 Å². The van der Waals surface area contributed by atoms with Crippen molar-refractivity contribution in [3.63, 3.8) is 0 Å². The summed E-state index contributed by atoms with van der Waals surface area (Å²) in [5, 5.41) is 7.12. The first-order chi connectivity index (χ1) is 16.0. The zero-order chi connectivity index (χ0) is 23.2. The van der Waals surface area contributed by atoms with Crippen molar-refractivity contribution in [1.29, 1.82) is 0 Å². The molecule has 0 atom stereocenters. The molecule has 6 heteroatoms.